The lowest BCUT2D eigenvalue weighted by Crippen LogP contribution is -2.21. The van der Waals surface area contributed by atoms with Crippen molar-refractivity contribution >= 4 is 12.4 Å². The molecule has 2 rings (SSSR count). The molecular weight excluding hydrogens is 222 g/mol. The standard InChI is InChI=1S/C12H15NO4/c1-7-4-8(7)10-2-3-11(17-10)9(13-6-14)5-12(15)16/h2-3,6-9H,4-5H2,1H3,(H,13,14)(H,15,16)/t7?,8?,9-/m0/s1. The van der Waals surface area contributed by atoms with Gasteiger partial charge in [-0.25, -0.2) is 0 Å². The Hall–Kier alpha value is -1.78. The van der Waals surface area contributed by atoms with Crippen LogP contribution in [0.1, 0.15) is 43.2 Å². The zero-order valence-corrected chi connectivity index (χ0v) is 9.55. The van der Waals surface area contributed by atoms with E-state index in [-0.39, 0.29) is 6.42 Å². The number of rotatable bonds is 6. The summed E-state index contributed by atoms with van der Waals surface area (Å²) in [5.41, 5.74) is 0. The van der Waals surface area contributed by atoms with Gasteiger partial charge in [0.15, 0.2) is 0 Å². The van der Waals surface area contributed by atoms with Crippen molar-refractivity contribution in [2.75, 3.05) is 0 Å². The smallest absolute Gasteiger partial charge is 0.305 e. The first-order valence-corrected chi connectivity index (χ1v) is 5.63. The number of nitrogens with one attached hydrogen (secondary N) is 1. The van der Waals surface area contributed by atoms with Crippen molar-refractivity contribution in [1.29, 1.82) is 0 Å². The van der Waals surface area contributed by atoms with E-state index in [4.69, 9.17) is 9.52 Å². The summed E-state index contributed by atoms with van der Waals surface area (Å²) in [7, 11) is 0. The number of carboxylic acids is 1. The molecule has 5 heteroatoms. The topological polar surface area (TPSA) is 79.5 Å². The fourth-order valence-electron chi connectivity index (χ4n) is 1.97. The first-order valence-electron chi connectivity index (χ1n) is 5.63. The highest BCUT2D eigenvalue weighted by Crippen LogP contribution is 2.47. The number of carboxylic acid groups (broad SMARTS) is 1. The van der Waals surface area contributed by atoms with Gasteiger partial charge >= 0.3 is 5.97 Å². The van der Waals surface area contributed by atoms with Crippen LogP contribution in [0.5, 0.6) is 0 Å². The third-order valence-corrected chi connectivity index (χ3v) is 3.11. The summed E-state index contributed by atoms with van der Waals surface area (Å²) < 4.78 is 5.61. The van der Waals surface area contributed by atoms with Crippen LogP contribution in [0.3, 0.4) is 0 Å². The van der Waals surface area contributed by atoms with E-state index in [9.17, 15) is 9.59 Å². The average Bonchev–Trinajstić information content (AvgIpc) is 2.80. The van der Waals surface area contributed by atoms with Crippen LogP contribution in [-0.2, 0) is 9.59 Å². The third-order valence-electron chi connectivity index (χ3n) is 3.11. The Morgan fingerprint density at radius 1 is 1.71 bits per heavy atom. The summed E-state index contributed by atoms with van der Waals surface area (Å²) in [5, 5.41) is 11.2. The van der Waals surface area contributed by atoms with Crippen LogP contribution in [0.25, 0.3) is 0 Å². The number of amides is 1. The lowest BCUT2D eigenvalue weighted by atomic mass is 10.1. The van der Waals surface area contributed by atoms with Crippen LogP contribution < -0.4 is 5.32 Å². The van der Waals surface area contributed by atoms with Gasteiger partial charge in [-0.05, 0) is 24.5 Å². The van der Waals surface area contributed by atoms with E-state index in [1.807, 2.05) is 6.07 Å². The van der Waals surface area contributed by atoms with Gasteiger partial charge in [-0.15, -0.1) is 0 Å². The van der Waals surface area contributed by atoms with E-state index in [2.05, 4.69) is 12.2 Å². The summed E-state index contributed by atoms with van der Waals surface area (Å²) in [6.45, 7) is 2.14. The second kappa shape index (κ2) is 4.61. The van der Waals surface area contributed by atoms with Crippen LogP contribution in [-0.4, -0.2) is 17.5 Å². The van der Waals surface area contributed by atoms with Crippen molar-refractivity contribution in [1.82, 2.24) is 5.32 Å². The molecular formula is C12H15NO4. The molecule has 1 amide bonds. The SMILES string of the molecule is CC1CC1c1ccc([C@H](CC(=O)O)NC=O)o1. The normalized spacial score (nSPS) is 24.1. The van der Waals surface area contributed by atoms with Crippen molar-refractivity contribution in [2.45, 2.75) is 31.7 Å². The molecule has 0 spiro atoms. The molecule has 1 aliphatic rings. The van der Waals surface area contributed by atoms with E-state index < -0.39 is 12.0 Å². The zero-order valence-electron chi connectivity index (χ0n) is 9.55. The highest BCUT2D eigenvalue weighted by atomic mass is 16.4. The molecule has 0 radical (unpaired) electrons. The quantitative estimate of drug-likeness (QED) is 0.737. The van der Waals surface area contributed by atoms with E-state index in [0.717, 1.165) is 12.2 Å². The predicted molar refractivity (Wildman–Crippen MR) is 59.4 cm³/mol. The number of hydrogen-bond donors (Lipinski definition) is 2. The molecule has 0 saturated heterocycles. The van der Waals surface area contributed by atoms with Crippen molar-refractivity contribution in [2.24, 2.45) is 5.92 Å². The predicted octanol–water partition coefficient (Wildman–Crippen LogP) is 1.66. The molecule has 1 saturated carbocycles. The summed E-state index contributed by atoms with van der Waals surface area (Å²) in [6, 6.07) is 3.02. The van der Waals surface area contributed by atoms with Gasteiger partial charge in [0, 0.05) is 5.92 Å². The highest BCUT2D eigenvalue weighted by molar-refractivity contribution is 5.68. The Kier molecular flexibility index (Phi) is 3.17. The molecule has 0 aliphatic heterocycles. The largest absolute Gasteiger partial charge is 0.481 e. The molecule has 2 N–H and O–H groups in total. The van der Waals surface area contributed by atoms with Crippen molar-refractivity contribution in [3.05, 3.63) is 23.7 Å². The van der Waals surface area contributed by atoms with Crippen molar-refractivity contribution in [3.63, 3.8) is 0 Å². The van der Waals surface area contributed by atoms with Gasteiger partial charge in [-0.2, -0.15) is 0 Å². The monoisotopic (exact) mass is 237 g/mol. The maximum absolute atomic E-state index is 10.7. The molecule has 2 unspecified atom stereocenters. The molecule has 1 aromatic heterocycles. The molecule has 0 aromatic carbocycles. The lowest BCUT2D eigenvalue weighted by molar-refractivity contribution is -0.137. The first kappa shape index (κ1) is 11.7. The number of hydrogen-bond acceptors (Lipinski definition) is 3. The van der Waals surface area contributed by atoms with Gasteiger partial charge < -0.3 is 14.8 Å². The number of carbonyl (C=O) groups excluding carboxylic acids is 1. The molecule has 0 bridgehead atoms. The molecule has 1 aromatic rings. The maximum Gasteiger partial charge on any atom is 0.305 e. The van der Waals surface area contributed by atoms with Gasteiger partial charge in [0.2, 0.25) is 6.41 Å². The lowest BCUT2D eigenvalue weighted by Gasteiger charge is -2.10. The minimum absolute atomic E-state index is 0.175. The van der Waals surface area contributed by atoms with Crippen LogP contribution >= 0.6 is 0 Å². The second-order valence-corrected chi connectivity index (χ2v) is 4.49. The molecule has 5 nitrogen and oxygen atoms in total. The van der Waals surface area contributed by atoms with Crippen molar-refractivity contribution < 1.29 is 19.1 Å². The van der Waals surface area contributed by atoms with Gasteiger partial charge in [-0.1, -0.05) is 6.92 Å². The molecule has 1 aliphatic carbocycles. The molecule has 1 heterocycles. The highest BCUT2D eigenvalue weighted by Gasteiger charge is 2.37. The fourth-order valence-corrected chi connectivity index (χ4v) is 1.97. The molecule has 17 heavy (non-hydrogen) atoms. The van der Waals surface area contributed by atoms with Crippen LogP contribution in [0.4, 0.5) is 0 Å². The van der Waals surface area contributed by atoms with Crippen LogP contribution in [0.2, 0.25) is 0 Å². The second-order valence-electron chi connectivity index (χ2n) is 4.49. The Morgan fingerprint density at radius 3 is 2.94 bits per heavy atom. The Labute approximate surface area is 98.8 Å². The first-order chi connectivity index (χ1) is 8.11. The molecule has 92 valence electrons. The van der Waals surface area contributed by atoms with Crippen molar-refractivity contribution in [3.8, 4) is 0 Å². The van der Waals surface area contributed by atoms with Crippen LogP contribution in [0, 0.1) is 5.92 Å². The average molecular weight is 237 g/mol. The third kappa shape index (κ3) is 2.67. The Balaban J connectivity index is 2.09. The molecule has 3 atom stereocenters. The van der Waals surface area contributed by atoms with Gasteiger partial charge in [-0.3, -0.25) is 9.59 Å². The van der Waals surface area contributed by atoms with E-state index >= 15 is 0 Å². The summed E-state index contributed by atoms with van der Waals surface area (Å²) in [4.78, 5) is 21.1. The zero-order chi connectivity index (χ0) is 12.4. The molecule has 1 fully saturated rings. The number of furan rings is 1. The summed E-state index contributed by atoms with van der Waals surface area (Å²) in [6.07, 6.45) is 1.43. The van der Waals surface area contributed by atoms with E-state index in [1.54, 1.807) is 6.07 Å². The Bertz CT molecular complexity index is 426. The van der Waals surface area contributed by atoms with E-state index in [1.165, 1.54) is 0 Å². The summed E-state index contributed by atoms with van der Waals surface area (Å²) in [5.74, 6) is 1.50. The maximum atomic E-state index is 10.7. The Morgan fingerprint density at radius 2 is 2.41 bits per heavy atom. The van der Waals surface area contributed by atoms with Crippen LogP contribution in [0.15, 0.2) is 16.5 Å². The minimum Gasteiger partial charge on any atom is -0.481 e. The summed E-state index contributed by atoms with van der Waals surface area (Å²) >= 11 is 0. The number of carbonyl (C=O) groups is 2. The van der Waals surface area contributed by atoms with Gasteiger partial charge in [0.25, 0.3) is 0 Å². The van der Waals surface area contributed by atoms with Gasteiger partial charge in [0.1, 0.15) is 11.5 Å². The fraction of sp³-hybridized carbons (Fsp3) is 0.500. The van der Waals surface area contributed by atoms with Gasteiger partial charge in [0.05, 0.1) is 12.5 Å². The van der Waals surface area contributed by atoms with E-state index in [0.29, 0.717) is 24.0 Å². The number of aliphatic carboxylic acids is 1. The minimum atomic E-state index is -0.970.